The van der Waals surface area contributed by atoms with Crippen LogP contribution in [0.2, 0.25) is 0 Å². The van der Waals surface area contributed by atoms with Crippen molar-refractivity contribution in [1.29, 1.82) is 0 Å². The zero-order valence-corrected chi connectivity index (χ0v) is 15.2. The minimum Gasteiger partial charge on any atom is -0.472 e. The summed E-state index contributed by atoms with van der Waals surface area (Å²) >= 11 is 0. The third-order valence-electron chi connectivity index (χ3n) is 4.63. The summed E-state index contributed by atoms with van der Waals surface area (Å²) < 4.78 is 4.87. The molecule has 0 radical (unpaired) electrons. The lowest BCUT2D eigenvalue weighted by molar-refractivity contribution is -0.128. The highest BCUT2D eigenvalue weighted by Crippen LogP contribution is 2.17. The van der Waals surface area contributed by atoms with Crippen molar-refractivity contribution < 1.29 is 18.8 Å². The number of hydrogen-bond donors (Lipinski definition) is 2. The first-order valence-corrected chi connectivity index (χ1v) is 9.00. The Labute approximate surface area is 157 Å². The molecule has 1 unspecified atom stereocenters. The van der Waals surface area contributed by atoms with Crippen LogP contribution < -0.4 is 10.6 Å². The average Bonchev–Trinajstić information content (AvgIpc) is 3.33. The van der Waals surface area contributed by atoms with Crippen LogP contribution in [0.1, 0.15) is 41.3 Å². The number of furan rings is 1. The van der Waals surface area contributed by atoms with Crippen LogP contribution in [0.25, 0.3) is 0 Å². The van der Waals surface area contributed by atoms with Crippen LogP contribution in [0, 0.1) is 0 Å². The maximum Gasteiger partial charge on any atom is 0.255 e. The van der Waals surface area contributed by atoms with Gasteiger partial charge in [0.15, 0.2) is 0 Å². The third-order valence-corrected chi connectivity index (χ3v) is 4.63. The maximum absolute atomic E-state index is 12.3. The van der Waals surface area contributed by atoms with E-state index in [0.29, 0.717) is 25.1 Å². The maximum atomic E-state index is 12.3. The van der Waals surface area contributed by atoms with Crippen LogP contribution >= 0.6 is 0 Å². The lowest BCUT2D eigenvalue weighted by Crippen LogP contribution is -2.44. The monoisotopic (exact) mass is 369 g/mol. The van der Waals surface area contributed by atoms with Crippen molar-refractivity contribution >= 4 is 17.7 Å². The molecular formula is C20H23N3O4. The second-order valence-electron chi connectivity index (χ2n) is 6.61. The molecule has 2 N–H and O–H groups in total. The number of likely N-dealkylation sites (tertiary alicyclic amines) is 1. The fourth-order valence-electron chi connectivity index (χ4n) is 3.04. The summed E-state index contributed by atoms with van der Waals surface area (Å²) in [5, 5.41) is 5.48. The highest BCUT2D eigenvalue weighted by molar-refractivity contribution is 5.97. The zero-order valence-electron chi connectivity index (χ0n) is 15.2. The van der Waals surface area contributed by atoms with Gasteiger partial charge in [-0.1, -0.05) is 24.3 Å². The molecule has 2 aromatic rings. The minimum absolute atomic E-state index is 0.171. The molecule has 1 aromatic carbocycles. The molecule has 1 aliphatic rings. The van der Waals surface area contributed by atoms with Crippen molar-refractivity contribution in [2.24, 2.45) is 0 Å². The van der Waals surface area contributed by atoms with Gasteiger partial charge >= 0.3 is 0 Å². The van der Waals surface area contributed by atoms with Gasteiger partial charge in [0.25, 0.3) is 5.91 Å². The first-order chi connectivity index (χ1) is 13.0. The third kappa shape index (κ3) is 4.75. The molecule has 1 fully saturated rings. The molecule has 0 bridgehead atoms. The van der Waals surface area contributed by atoms with Gasteiger partial charge in [0.05, 0.1) is 11.8 Å². The molecule has 1 aromatic heterocycles. The van der Waals surface area contributed by atoms with Crippen LogP contribution in [0.15, 0.2) is 47.3 Å². The highest BCUT2D eigenvalue weighted by Gasteiger charge is 2.21. The summed E-state index contributed by atoms with van der Waals surface area (Å²) in [4.78, 5) is 38.0. The second kappa shape index (κ2) is 8.53. The predicted octanol–water partition coefficient (Wildman–Crippen LogP) is 1.84. The van der Waals surface area contributed by atoms with Crippen LogP contribution in [-0.4, -0.2) is 35.2 Å². The van der Waals surface area contributed by atoms with Gasteiger partial charge in [0.1, 0.15) is 12.3 Å². The number of carbonyl (C=O) groups is 3. The van der Waals surface area contributed by atoms with E-state index in [-0.39, 0.29) is 17.7 Å². The van der Waals surface area contributed by atoms with Crippen molar-refractivity contribution in [3.05, 3.63) is 59.5 Å². The molecule has 142 valence electrons. The Morgan fingerprint density at radius 1 is 1.22 bits per heavy atom. The molecule has 1 aliphatic heterocycles. The quantitative estimate of drug-likeness (QED) is 0.779. The molecule has 1 atom stereocenters. The predicted molar refractivity (Wildman–Crippen MR) is 98.6 cm³/mol. The smallest absolute Gasteiger partial charge is 0.255 e. The summed E-state index contributed by atoms with van der Waals surface area (Å²) in [5.74, 6) is -0.470. The van der Waals surface area contributed by atoms with E-state index >= 15 is 0 Å². The summed E-state index contributed by atoms with van der Waals surface area (Å²) in [6, 6.07) is 8.59. The van der Waals surface area contributed by atoms with Crippen molar-refractivity contribution in [3.8, 4) is 0 Å². The van der Waals surface area contributed by atoms with Crippen molar-refractivity contribution in [3.63, 3.8) is 0 Å². The van der Waals surface area contributed by atoms with Gasteiger partial charge in [0.2, 0.25) is 11.8 Å². The molecule has 3 rings (SSSR count). The number of rotatable bonds is 7. The molecule has 27 heavy (non-hydrogen) atoms. The number of amides is 3. The van der Waals surface area contributed by atoms with Crippen LogP contribution in [0.3, 0.4) is 0 Å². The van der Waals surface area contributed by atoms with Crippen LogP contribution in [-0.2, 0) is 22.7 Å². The largest absolute Gasteiger partial charge is 0.472 e. The first kappa shape index (κ1) is 18.7. The standard InChI is InChI=1S/C20H23N3O4/c1-14(22-20(26)17-8-10-27-13-17)19(25)21-11-15-5-2-3-6-16(15)12-23-9-4-7-18(23)24/h2-3,5-6,8,10,13-14H,4,7,9,11-12H2,1H3,(H,21,25)(H,22,26). The molecule has 7 nitrogen and oxygen atoms in total. The number of nitrogens with zero attached hydrogens (tertiary/aromatic N) is 1. The zero-order chi connectivity index (χ0) is 19.2. The lowest BCUT2D eigenvalue weighted by Gasteiger charge is -2.19. The lowest BCUT2D eigenvalue weighted by atomic mass is 10.1. The normalized spacial score (nSPS) is 14.9. The van der Waals surface area contributed by atoms with E-state index in [9.17, 15) is 14.4 Å². The minimum atomic E-state index is -0.681. The number of carbonyl (C=O) groups excluding carboxylic acids is 3. The summed E-state index contributed by atoms with van der Waals surface area (Å²) in [6.07, 6.45) is 4.23. The molecule has 0 saturated carbocycles. The van der Waals surface area contributed by atoms with Crippen molar-refractivity contribution in [2.75, 3.05) is 6.54 Å². The number of nitrogens with one attached hydrogen (secondary N) is 2. The Morgan fingerprint density at radius 2 is 2.00 bits per heavy atom. The van der Waals surface area contributed by atoms with E-state index in [0.717, 1.165) is 24.1 Å². The SMILES string of the molecule is CC(NC(=O)c1ccoc1)C(=O)NCc1ccccc1CN1CCCC1=O. The van der Waals surface area contributed by atoms with Gasteiger partial charge in [-0.2, -0.15) is 0 Å². The van der Waals surface area contributed by atoms with E-state index < -0.39 is 6.04 Å². The Hall–Kier alpha value is -3.09. The second-order valence-corrected chi connectivity index (χ2v) is 6.61. The summed E-state index contributed by atoms with van der Waals surface area (Å²) in [6.45, 7) is 3.29. The Balaban J connectivity index is 1.55. The molecule has 3 amide bonds. The first-order valence-electron chi connectivity index (χ1n) is 9.00. The van der Waals surface area contributed by atoms with Gasteiger partial charge in [-0.3, -0.25) is 14.4 Å². The summed E-state index contributed by atoms with van der Waals surface area (Å²) in [7, 11) is 0. The Kier molecular flexibility index (Phi) is 5.90. The fourth-order valence-corrected chi connectivity index (χ4v) is 3.04. The Morgan fingerprint density at radius 3 is 2.67 bits per heavy atom. The van der Waals surface area contributed by atoms with Gasteiger partial charge in [0, 0.05) is 26.1 Å². The fraction of sp³-hybridized carbons (Fsp3) is 0.350. The number of benzene rings is 1. The average molecular weight is 369 g/mol. The summed E-state index contributed by atoms with van der Waals surface area (Å²) in [5.41, 5.74) is 2.34. The molecule has 0 spiro atoms. The molecule has 2 heterocycles. The van der Waals surface area contributed by atoms with Gasteiger partial charge < -0.3 is 20.0 Å². The van der Waals surface area contributed by atoms with Gasteiger partial charge in [-0.15, -0.1) is 0 Å². The molecular weight excluding hydrogens is 346 g/mol. The van der Waals surface area contributed by atoms with E-state index in [1.54, 1.807) is 6.92 Å². The van der Waals surface area contributed by atoms with Crippen LogP contribution in [0.5, 0.6) is 0 Å². The van der Waals surface area contributed by atoms with Crippen molar-refractivity contribution in [1.82, 2.24) is 15.5 Å². The van der Waals surface area contributed by atoms with Crippen molar-refractivity contribution in [2.45, 2.75) is 38.9 Å². The molecule has 7 heteroatoms. The van der Waals surface area contributed by atoms with Gasteiger partial charge in [-0.05, 0) is 30.5 Å². The number of hydrogen-bond acceptors (Lipinski definition) is 4. The molecule has 1 saturated heterocycles. The van der Waals surface area contributed by atoms with E-state index in [2.05, 4.69) is 10.6 Å². The van der Waals surface area contributed by atoms with Gasteiger partial charge in [-0.25, -0.2) is 0 Å². The highest BCUT2D eigenvalue weighted by atomic mass is 16.3. The topological polar surface area (TPSA) is 91.7 Å². The van der Waals surface area contributed by atoms with Crippen LogP contribution in [0.4, 0.5) is 0 Å². The van der Waals surface area contributed by atoms with E-state index in [1.165, 1.54) is 18.6 Å². The van der Waals surface area contributed by atoms with E-state index in [4.69, 9.17) is 4.42 Å². The van der Waals surface area contributed by atoms with E-state index in [1.807, 2.05) is 29.2 Å². The Bertz CT molecular complexity index is 816. The molecule has 0 aliphatic carbocycles.